The first-order chi connectivity index (χ1) is 12.6. The van der Waals surface area contributed by atoms with E-state index < -0.39 is 0 Å². The summed E-state index contributed by atoms with van der Waals surface area (Å²) >= 11 is 0. The molecule has 4 rings (SSSR count). The monoisotopic (exact) mass is 356 g/mol. The summed E-state index contributed by atoms with van der Waals surface area (Å²) in [6, 6.07) is 8.19. The summed E-state index contributed by atoms with van der Waals surface area (Å²) in [7, 11) is 0. The molecule has 1 aromatic rings. The number of ether oxygens (including phenoxy) is 1. The molecule has 26 heavy (non-hydrogen) atoms. The van der Waals surface area contributed by atoms with Gasteiger partial charge in [-0.1, -0.05) is 17.7 Å². The third kappa shape index (κ3) is 3.63. The van der Waals surface area contributed by atoms with E-state index in [1.54, 1.807) is 0 Å². The van der Waals surface area contributed by atoms with Gasteiger partial charge in [-0.2, -0.15) is 0 Å². The Hall–Kier alpha value is -1.88. The molecule has 0 spiro atoms. The first kappa shape index (κ1) is 17.5. The zero-order chi connectivity index (χ0) is 18.1. The molecular weight excluding hydrogens is 328 g/mol. The van der Waals surface area contributed by atoms with E-state index in [1.165, 1.54) is 0 Å². The Kier molecular flexibility index (Phi) is 4.98. The van der Waals surface area contributed by atoms with E-state index in [9.17, 15) is 9.59 Å². The highest BCUT2D eigenvalue weighted by molar-refractivity contribution is 5.94. The number of likely N-dealkylation sites (tertiary alicyclic amines) is 1. The standard InChI is InChI=1S/C21H28N2O3/c1-15-3-2-4-17(13-15)20(24)22-10-7-19(14-22)23(21(25)16-5-6-16)18-8-11-26-12-9-18/h2-4,13,16,18-19H,5-12,14H2,1H3. The smallest absolute Gasteiger partial charge is 0.253 e. The Bertz CT molecular complexity index is 680. The first-order valence-electron chi connectivity index (χ1n) is 9.89. The molecule has 0 bridgehead atoms. The van der Waals surface area contributed by atoms with Crippen LogP contribution in [0.4, 0.5) is 0 Å². The quantitative estimate of drug-likeness (QED) is 0.833. The maximum absolute atomic E-state index is 13.0. The number of hydrogen-bond acceptors (Lipinski definition) is 3. The van der Waals surface area contributed by atoms with E-state index in [4.69, 9.17) is 4.74 Å². The number of hydrogen-bond donors (Lipinski definition) is 0. The summed E-state index contributed by atoms with van der Waals surface area (Å²) in [6.45, 7) is 4.86. The van der Waals surface area contributed by atoms with Crippen LogP contribution in [0.5, 0.6) is 0 Å². The average molecular weight is 356 g/mol. The van der Waals surface area contributed by atoms with Crippen molar-refractivity contribution in [1.29, 1.82) is 0 Å². The van der Waals surface area contributed by atoms with Crippen LogP contribution < -0.4 is 0 Å². The summed E-state index contributed by atoms with van der Waals surface area (Å²) in [4.78, 5) is 29.9. The molecule has 2 heterocycles. The molecule has 1 saturated carbocycles. The van der Waals surface area contributed by atoms with E-state index >= 15 is 0 Å². The molecule has 5 heteroatoms. The lowest BCUT2D eigenvalue weighted by Crippen LogP contribution is -2.51. The topological polar surface area (TPSA) is 49.9 Å². The van der Waals surface area contributed by atoms with Crippen LogP contribution in [0.15, 0.2) is 24.3 Å². The molecule has 3 aliphatic rings. The molecule has 1 atom stereocenters. The van der Waals surface area contributed by atoms with Gasteiger partial charge in [0.1, 0.15) is 0 Å². The zero-order valence-corrected chi connectivity index (χ0v) is 15.5. The van der Waals surface area contributed by atoms with Crippen molar-refractivity contribution in [2.75, 3.05) is 26.3 Å². The van der Waals surface area contributed by atoms with Gasteiger partial charge in [-0.15, -0.1) is 0 Å². The van der Waals surface area contributed by atoms with E-state index in [1.807, 2.05) is 36.1 Å². The van der Waals surface area contributed by atoms with Crippen LogP contribution in [-0.2, 0) is 9.53 Å². The van der Waals surface area contributed by atoms with Crippen LogP contribution in [-0.4, -0.2) is 60.0 Å². The summed E-state index contributed by atoms with van der Waals surface area (Å²) in [5.74, 6) is 0.619. The largest absolute Gasteiger partial charge is 0.381 e. The molecule has 0 radical (unpaired) electrons. The molecule has 0 aromatic heterocycles. The van der Waals surface area contributed by atoms with Crippen LogP contribution in [0.3, 0.4) is 0 Å². The molecule has 0 N–H and O–H groups in total. The van der Waals surface area contributed by atoms with Gasteiger partial charge in [-0.25, -0.2) is 0 Å². The highest BCUT2D eigenvalue weighted by atomic mass is 16.5. The van der Waals surface area contributed by atoms with Gasteiger partial charge in [0.05, 0.1) is 6.04 Å². The number of amides is 2. The predicted octanol–water partition coefficient (Wildman–Crippen LogP) is 2.63. The zero-order valence-electron chi connectivity index (χ0n) is 15.5. The lowest BCUT2D eigenvalue weighted by molar-refractivity contribution is -0.139. The van der Waals surface area contributed by atoms with Crippen molar-refractivity contribution in [1.82, 2.24) is 9.80 Å². The van der Waals surface area contributed by atoms with Gasteiger partial charge in [0.2, 0.25) is 5.91 Å². The van der Waals surface area contributed by atoms with Crippen molar-refractivity contribution >= 4 is 11.8 Å². The van der Waals surface area contributed by atoms with Gasteiger partial charge < -0.3 is 14.5 Å². The van der Waals surface area contributed by atoms with Gasteiger partial charge in [-0.3, -0.25) is 9.59 Å². The Balaban J connectivity index is 1.47. The molecule has 1 aliphatic carbocycles. The average Bonchev–Trinajstić information content (AvgIpc) is 3.41. The maximum Gasteiger partial charge on any atom is 0.253 e. The number of aryl methyl sites for hydroxylation is 1. The van der Waals surface area contributed by atoms with Crippen LogP contribution >= 0.6 is 0 Å². The van der Waals surface area contributed by atoms with Crippen molar-refractivity contribution in [3.8, 4) is 0 Å². The molecule has 2 saturated heterocycles. The van der Waals surface area contributed by atoms with Crippen molar-refractivity contribution in [2.45, 2.75) is 51.1 Å². The Labute approximate surface area is 155 Å². The summed E-state index contributed by atoms with van der Waals surface area (Å²) in [5, 5.41) is 0. The predicted molar refractivity (Wildman–Crippen MR) is 98.9 cm³/mol. The molecule has 1 unspecified atom stereocenters. The highest BCUT2D eigenvalue weighted by Crippen LogP contribution is 2.35. The normalized spacial score (nSPS) is 23.9. The minimum Gasteiger partial charge on any atom is -0.381 e. The van der Waals surface area contributed by atoms with E-state index in [-0.39, 0.29) is 23.9 Å². The molecular formula is C21H28N2O3. The number of carbonyl (C=O) groups excluding carboxylic acids is 2. The van der Waals surface area contributed by atoms with Crippen LogP contribution in [0.2, 0.25) is 0 Å². The number of carbonyl (C=O) groups is 2. The lowest BCUT2D eigenvalue weighted by Gasteiger charge is -2.38. The minimum absolute atomic E-state index is 0.0852. The Morgan fingerprint density at radius 3 is 2.54 bits per heavy atom. The lowest BCUT2D eigenvalue weighted by atomic mass is 10.0. The van der Waals surface area contributed by atoms with Crippen LogP contribution in [0.1, 0.15) is 48.0 Å². The van der Waals surface area contributed by atoms with Gasteiger partial charge in [0.25, 0.3) is 5.91 Å². The second-order valence-electron chi connectivity index (χ2n) is 7.93. The first-order valence-corrected chi connectivity index (χ1v) is 9.89. The number of rotatable bonds is 4. The second kappa shape index (κ2) is 7.39. The molecule has 3 fully saturated rings. The maximum atomic E-state index is 13.0. The Morgan fingerprint density at radius 2 is 1.85 bits per heavy atom. The van der Waals surface area contributed by atoms with Crippen molar-refractivity contribution in [2.24, 2.45) is 5.92 Å². The van der Waals surface area contributed by atoms with Gasteiger partial charge >= 0.3 is 0 Å². The van der Waals surface area contributed by atoms with E-state index in [2.05, 4.69) is 4.90 Å². The third-order valence-corrected chi connectivity index (χ3v) is 5.87. The third-order valence-electron chi connectivity index (χ3n) is 5.87. The fraction of sp³-hybridized carbons (Fsp3) is 0.619. The van der Waals surface area contributed by atoms with E-state index in [0.717, 1.165) is 63.0 Å². The summed E-state index contributed by atoms with van der Waals surface area (Å²) < 4.78 is 5.49. The van der Waals surface area contributed by atoms with Crippen molar-refractivity contribution in [3.05, 3.63) is 35.4 Å². The van der Waals surface area contributed by atoms with Crippen LogP contribution in [0.25, 0.3) is 0 Å². The molecule has 5 nitrogen and oxygen atoms in total. The molecule has 2 amide bonds. The fourth-order valence-electron chi connectivity index (χ4n) is 4.28. The second-order valence-corrected chi connectivity index (χ2v) is 7.93. The minimum atomic E-state index is 0.0852. The van der Waals surface area contributed by atoms with E-state index in [0.29, 0.717) is 12.5 Å². The number of nitrogens with zero attached hydrogens (tertiary/aromatic N) is 2. The SMILES string of the molecule is Cc1cccc(C(=O)N2CCC(N(C(=O)C3CC3)C3CCOCC3)C2)c1. The highest BCUT2D eigenvalue weighted by Gasteiger charge is 2.42. The molecule has 1 aromatic carbocycles. The van der Waals surface area contributed by atoms with Crippen LogP contribution in [0, 0.1) is 12.8 Å². The molecule has 2 aliphatic heterocycles. The number of benzene rings is 1. The molecule has 140 valence electrons. The Morgan fingerprint density at radius 1 is 1.08 bits per heavy atom. The fourth-order valence-corrected chi connectivity index (χ4v) is 4.28. The summed E-state index contributed by atoms with van der Waals surface area (Å²) in [5.41, 5.74) is 1.84. The van der Waals surface area contributed by atoms with Gasteiger partial charge in [0.15, 0.2) is 0 Å². The van der Waals surface area contributed by atoms with Crippen molar-refractivity contribution in [3.63, 3.8) is 0 Å². The van der Waals surface area contributed by atoms with Gasteiger partial charge in [0, 0.05) is 43.8 Å². The van der Waals surface area contributed by atoms with Crippen molar-refractivity contribution < 1.29 is 14.3 Å². The summed E-state index contributed by atoms with van der Waals surface area (Å²) in [6.07, 6.45) is 4.77. The van der Waals surface area contributed by atoms with Gasteiger partial charge in [-0.05, 0) is 51.2 Å².